The monoisotopic (exact) mass is 435 g/mol. The highest BCUT2D eigenvalue weighted by Gasteiger charge is 2.16. The van der Waals surface area contributed by atoms with Gasteiger partial charge in [-0.15, -0.1) is 0 Å². The van der Waals surface area contributed by atoms with E-state index in [1.165, 1.54) is 23.0 Å². The van der Waals surface area contributed by atoms with Gasteiger partial charge in [0, 0.05) is 24.2 Å². The fraction of sp³-hybridized carbons (Fsp3) is 0.217. The molecule has 0 radical (unpaired) electrons. The predicted molar refractivity (Wildman–Crippen MR) is 119 cm³/mol. The van der Waals surface area contributed by atoms with Gasteiger partial charge in [-0.2, -0.15) is 0 Å². The first-order valence-electron chi connectivity index (χ1n) is 9.90. The van der Waals surface area contributed by atoms with Crippen LogP contribution in [0.2, 0.25) is 0 Å². The number of phenols is 1. The lowest BCUT2D eigenvalue weighted by molar-refractivity contribution is -0.115. The number of fused-ring (bicyclic) bond motifs is 2. The summed E-state index contributed by atoms with van der Waals surface area (Å²) >= 11 is 0. The Kier molecular flexibility index (Phi) is 5.74. The van der Waals surface area contributed by atoms with E-state index < -0.39 is 11.5 Å². The molecule has 0 unspecified atom stereocenters. The molecule has 0 saturated carbocycles. The van der Waals surface area contributed by atoms with E-state index in [1.54, 1.807) is 38.3 Å². The summed E-state index contributed by atoms with van der Waals surface area (Å²) in [7, 11) is 1.55. The second-order valence-corrected chi connectivity index (χ2v) is 7.37. The third-order valence-electron chi connectivity index (χ3n) is 5.25. The molecule has 0 aliphatic heterocycles. The molecule has 2 heterocycles. The van der Waals surface area contributed by atoms with Gasteiger partial charge in [-0.1, -0.05) is 0 Å². The van der Waals surface area contributed by atoms with Crippen molar-refractivity contribution >= 4 is 33.5 Å². The first-order valence-corrected chi connectivity index (χ1v) is 9.90. The van der Waals surface area contributed by atoms with Gasteiger partial charge in [-0.05, 0) is 42.8 Å². The molecule has 0 atom stereocenters. The molecule has 32 heavy (non-hydrogen) atoms. The summed E-state index contributed by atoms with van der Waals surface area (Å²) in [6, 6.07) is 9.33. The van der Waals surface area contributed by atoms with Crippen LogP contribution in [0.15, 0.2) is 56.7 Å². The van der Waals surface area contributed by atoms with Crippen LogP contribution in [0.4, 0.5) is 5.69 Å². The minimum atomic E-state index is -0.639. The number of aromatic nitrogens is 2. The molecule has 4 aromatic rings. The Labute approximate surface area is 181 Å². The van der Waals surface area contributed by atoms with Gasteiger partial charge < -0.3 is 19.6 Å². The summed E-state index contributed by atoms with van der Waals surface area (Å²) in [5, 5.41) is 13.3. The number of nitrogens with zero attached hydrogens (tertiary/aromatic N) is 2. The Morgan fingerprint density at radius 2 is 2.00 bits per heavy atom. The number of hydrogen-bond acceptors (Lipinski definition) is 7. The number of carbonyl (C=O) groups excluding carboxylic acids is 1. The molecule has 0 bridgehead atoms. The van der Waals surface area contributed by atoms with E-state index in [4.69, 9.17) is 9.15 Å². The van der Waals surface area contributed by atoms with Crippen molar-refractivity contribution < 1.29 is 19.1 Å². The summed E-state index contributed by atoms with van der Waals surface area (Å²) in [6.45, 7) is 2.46. The molecule has 2 N–H and O–H groups in total. The van der Waals surface area contributed by atoms with Gasteiger partial charge in [0.1, 0.15) is 11.3 Å². The van der Waals surface area contributed by atoms with Gasteiger partial charge in [-0.25, -0.2) is 9.78 Å². The predicted octanol–water partition coefficient (Wildman–Crippen LogP) is 2.34. The standard InChI is InChI=1S/C23H21N3O6/c1-13-16-5-4-15(27)10-20(16)32-23(30)17(13)11-21(28)25-14-3-6-19-18(9-14)22(29)26(12-24-19)7-8-31-2/h3-6,9-10,12,27H,7-8,11H2,1-2H3,(H,25,28). The molecule has 9 heteroatoms. The van der Waals surface area contributed by atoms with E-state index in [9.17, 15) is 19.5 Å². The van der Waals surface area contributed by atoms with Crippen molar-refractivity contribution in [2.75, 3.05) is 19.0 Å². The van der Waals surface area contributed by atoms with Gasteiger partial charge in [0.25, 0.3) is 5.56 Å². The molecule has 2 aromatic heterocycles. The first-order chi connectivity index (χ1) is 15.4. The highest BCUT2D eigenvalue weighted by atomic mass is 16.5. The zero-order chi connectivity index (χ0) is 22.8. The topological polar surface area (TPSA) is 124 Å². The van der Waals surface area contributed by atoms with Gasteiger partial charge in [0.15, 0.2) is 0 Å². The van der Waals surface area contributed by atoms with Crippen LogP contribution in [0.5, 0.6) is 5.75 Å². The van der Waals surface area contributed by atoms with E-state index in [0.717, 1.165) is 0 Å². The average Bonchev–Trinajstić information content (AvgIpc) is 2.76. The van der Waals surface area contributed by atoms with Gasteiger partial charge in [-0.3, -0.25) is 14.2 Å². The van der Waals surface area contributed by atoms with Crippen molar-refractivity contribution in [3.8, 4) is 5.75 Å². The number of ether oxygens (including phenoxy) is 1. The van der Waals surface area contributed by atoms with Gasteiger partial charge in [0.2, 0.25) is 5.91 Å². The maximum atomic E-state index is 12.7. The maximum Gasteiger partial charge on any atom is 0.340 e. The molecular formula is C23H21N3O6. The van der Waals surface area contributed by atoms with Crippen LogP contribution in [0.3, 0.4) is 0 Å². The third kappa shape index (κ3) is 4.10. The van der Waals surface area contributed by atoms with Crippen molar-refractivity contribution in [1.29, 1.82) is 0 Å². The summed E-state index contributed by atoms with van der Waals surface area (Å²) < 4.78 is 11.7. The number of amides is 1. The maximum absolute atomic E-state index is 12.7. The first kappa shape index (κ1) is 21.3. The lowest BCUT2D eigenvalue weighted by atomic mass is 10.0. The van der Waals surface area contributed by atoms with Crippen LogP contribution in [0, 0.1) is 6.92 Å². The second-order valence-electron chi connectivity index (χ2n) is 7.37. The van der Waals surface area contributed by atoms with E-state index in [1.807, 2.05) is 0 Å². The van der Waals surface area contributed by atoms with Gasteiger partial charge in [0.05, 0.1) is 42.4 Å². The third-order valence-corrected chi connectivity index (χ3v) is 5.25. The number of anilines is 1. The van der Waals surface area contributed by atoms with Gasteiger partial charge >= 0.3 is 5.63 Å². The second kappa shape index (κ2) is 8.64. The van der Waals surface area contributed by atoms with Crippen molar-refractivity contribution in [2.45, 2.75) is 19.9 Å². The number of aromatic hydroxyl groups is 1. The number of hydrogen-bond donors (Lipinski definition) is 2. The van der Waals surface area contributed by atoms with E-state index in [-0.39, 0.29) is 28.9 Å². The Morgan fingerprint density at radius 3 is 2.78 bits per heavy atom. The molecule has 9 nitrogen and oxygen atoms in total. The Hall–Kier alpha value is -3.98. The number of nitrogens with one attached hydrogen (secondary N) is 1. The Balaban J connectivity index is 1.60. The number of carbonyl (C=O) groups is 1. The minimum absolute atomic E-state index is 0.0161. The molecule has 164 valence electrons. The molecule has 0 spiro atoms. The molecular weight excluding hydrogens is 414 g/mol. The van der Waals surface area contributed by atoms with E-state index >= 15 is 0 Å². The van der Waals surface area contributed by atoms with Crippen molar-refractivity contribution in [1.82, 2.24) is 9.55 Å². The van der Waals surface area contributed by atoms with Crippen LogP contribution in [0.1, 0.15) is 11.1 Å². The lowest BCUT2D eigenvalue weighted by Crippen LogP contribution is -2.23. The molecule has 2 aromatic carbocycles. The van der Waals surface area contributed by atoms with Crippen molar-refractivity contribution in [2.24, 2.45) is 0 Å². The summed E-state index contributed by atoms with van der Waals surface area (Å²) in [5.41, 5.74) is 1.13. The number of methoxy groups -OCH3 is 1. The SMILES string of the molecule is COCCn1cnc2ccc(NC(=O)Cc3c(C)c4ccc(O)cc4oc3=O)cc2c1=O. The number of benzene rings is 2. The fourth-order valence-electron chi connectivity index (χ4n) is 3.54. The zero-order valence-corrected chi connectivity index (χ0v) is 17.5. The van der Waals surface area contributed by atoms with E-state index in [2.05, 4.69) is 10.3 Å². The van der Waals surface area contributed by atoms with Crippen LogP contribution in [-0.4, -0.2) is 34.3 Å². The lowest BCUT2D eigenvalue weighted by Gasteiger charge is -2.10. The van der Waals surface area contributed by atoms with Crippen molar-refractivity contribution in [3.63, 3.8) is 0 Å². The Morgan fingerprint density at radius 1 is 1.19 bits per heavy atom. The van der Waals surface area contributed by atoms with Crippen LogP contribution >= 0.6 is 0 Å². The molecule has 4 rings (SSSR count). The van der Waals surface area contributed by atoms with E-state index in [0.29, 0.717) is 40.7 Å². The summed E-state index contributed by atoms with van der Waals surface area (Å²) in [5.74, 6) is -0.445. The molecule has 0 fully saturated rings. The number of rotatable bonds is 6. The quantitative estimate of drug-likeness (QED) is 0.446. The Bertz CT molecular complexity index is 1450. The van der Waals surface area contributed by atoms with Crippen LogP contribution in [0.25, 0.3) is 21.9 Å². The van der Waals surface area contributed by atoms with Crippen LogP contribution in [-0.2, 0) is 22.5 Å². The fourth-order valence-corrected chi connectivity index (χ4v) is 3.54. The van der Waals surface area contributed by atoms with Crippen LogP contribution < -0.4 is 16.5 Å². The highest BCUT2D eigenvalue weighted by Crippen LogP contribution is 2.24. The number of phenolic OH excluding ortho intramolecular Hbond substituents is 1. The molecule has 0 saturated heterocycles. The largest absolute Gasteiger partial charge is 0.508 e. The molecule has 0 aliphatic rings. The molecule has 0 aliphatic carbocycles. The zero-order valence-electron chi connectivity index (χ0n) is 17.5. The minimum Gasteiger partial charge on any atom is -0.508 e. The smallest absolute Gasteiger partial charge is 0.340 e. The normalized spacial score (nSPS) is 11.2. The summed E-state index contributed by atoms with van der Waals surface area (Å²) in [4.78, 5) is 42.0. The van der Waals surface area contributed by atoms with Crippen molar-refractivity contribution in [3.05, 3.63) is 74.6 Å². The number of aryl methyl sites for hydroxylation is 1. The highest BCUT2D eigenvalue weighted by molar-refractivity contribution is 5.95. The summed E-state index contributed by atoms with van der Waals surface area (Å²) in [6.07, 6.45) is 1.26. The average molecular weight is 435 g/mol. The molecule has 1 amide bonds.